The van der Waals surface area contributed by atoms with Crippen LogP contribution in [0.15, 0.2) is 86.9 Å². The molecule has 0 radical (unpaired) electrons. The fourth-order valence-corrected chi connectivity index (χ4v) is 5.26. The molecule has 0 bridgehead atoms. The van der Waals surface area contributed by atoms with Crippen LogP contribution >= 0.6 is 27.7 Å². The van der Waals surface area contributed by atoms with E-state index in [4.69, 9.17) is 4.42 Å². The van der Waals surface area contributed by atoms with Gasteiger partial charge in [-0.25, -0.2) is 8.78 Å². The van der Waals surface area contributed by atoms with Crippen molar-refractivity contribution in [3.8, 4) is 11.5 Å². The first-order valence-corrected chi connectivity index (χ1v) is 13.5. The van der Waals surface area contributed by atoms with E-state index in [0.29, 0.717) is 37.3 Å². The van der Waals surface area contributed by atoms with Gasteiger partial charge in [-0.1, -0.05) is 52.0 Å². The van der Waals surface area contributed by atoms with Crippen molar-refractivity contribution >= 4 is 33.6 Å². The molecular weight excluding hydrogens is 562 g/mol. The highest BCUT2D eigenvalue weighted by molar-refractivity contribution is 9.10. The summed E-state index contributed by atoms with van der Waals surface area (Å²) in [6.07, 6.45) is 0. The minimum Gasteiger partial charge on any atom is -0.411 e. The molecule has 6 nitrogen and oxygen atoms in total. The summed E-state index contributed by atoms with van der Waals surface area (Å²) in [6, 6.07) is 20.1. The number of carbonyl (C=O) groups excluding carboxylic acids is 1. The molecule has 1 aromatic heterocycles. The first kappa shape index (κ1) is 25.6. The number of hydrogen-bond donors (Lipinski definition) is 0. The number of benzene rings is 3. The zero-order valence-electron chi connectivity index (χ0n) is 19.7. The van der Waals surface area contributed by atoms with E-state index in [1.807, 2.05) is 29.2 Å². The van der Waals surface area contributed by atoms with Gasteiger partial charge in [0.05, 0.1) is 11.8 Å². The second kappa shape index (κ2) is 11.5. The summed E-state index contributed by atoms with van der Waals surface area (Å²) in [5.74, 6) is -0.0160. The van der Waals surface area contributed by atoms with Gasteiger partial charge in [-0.3, -0.25) is 9.69 Å². The van der Waals surface area contributed by atoms with Crippen LogP contribution in [0, 0.1) is 11.6 Å². The maximum atomic E-state index is 13.6. The standard InChI is InChI=1S/C27H23BrF2N4O2S/c28-21-7-1-20(2-8-21)26-31-32-27(36-26)37-17-24(35)33-13-15-34(16-14-33)25(18-3-9-22(29)10-4-18)19-5-11-23(30)12-6-19/h1-12,25H,13-17H2. The van der Waals surface area contributed by atoms with E-state index in [0.717, 1.165) is 21.2 Å². The Kier molecular flexibility index (Phi) is 7.97. The van der Waals surface area contributed by atoms with Crippen molar-refractivity contribution in [1.82, 2.24) is 20.0 Å². The zero-order chi connectivity index (χ0) is 25.8. The van der Waals surface area contributed by atoms with E-state index in [1.165, 1.54) is 36.0 Å². The average Bonchev–Trinajstić information content (AvgIpc) is 3.39. The molecule has 0 unspecified atom stereocenters. The lowest BCUT2D eigenvalue weighted by molar-refractivity contribution is -0.130. The molecule has 1 saturated heterocycles. The van der Waals surface area contributed by atoms with Crippen molar-refractivity contribution in [3.63, 3.8) is 0 Å². The van der Waals surface area contributed by atoms with Gasteiger partial charge in [0.1, 0.15) is 11.6 Å². The topological polar surface area (TPSA) is 62.5 Å². The van der Waals surface area contributed by atoms with Crippen LogP contribution in [0.3, 0.4) is 0 Å². The van der Waals surface area contributed by atoms with Crippen molar-refractivity contribution in [3.05, 3.63) is 100 Å². The van der Waals surface area contributed by atoms with E-state index >= 15 is 0 Å². The third-order valence-corrected chi connectivity index (χ3v) is 7.55. The molecule has 10 heteroatoms. The van der Waals surface area contributed by atoms with Crippen molar-refractivity contribution in [1.29, 1.82) is 0 Å². The number of aromatic nitrogens is 2. The Morgan fingerprint density at radius 3 is 2.00 bits per heavy atom. The molecule has 0 atom stereocenters. The SMILES string of the molecule is O=C(CSc1nnc(-c2ccc(Br)cc2)o1)N1CCN(C(c2ccc(F)cc2)c2ccc(F)cc2)CC1. The fourth-order valence-electron chi connectivity index (χ4n) is 4.33. The van der Waals surface area contributed by atoms with Gasteiger partial charge in [-0.05, 0) is 59.7 Å². The van der Waals surface area contributed by atoms with Crippen molar-refractivity contribution in [2.45, 2.75) is 11.3 Å². The van der Waals surface area contributed by atoms with E-state index in [2.05, 4.69) is 31.0 Å². The van der Waals surface area contributed by atoms with Crippen LogP contribution in [-0.2, 0) is 4.79 Å². The molecule has 0 spiro atoms. The predicted molar refractivity (Wildman–Crippen MR) is 141 cm³/mol. The number of carbonyl (C=O) groups is 1. The highest BCUT2D eigenvalue weighted by atomic mass is 79.9. The Labute approximate surface area is 225 Å². The van der Waals surface area contributed by atoms with Crippen LogP contribution in [0.4, 0.5) is 8.78 Å². The number of thioether (sulfide) groups is 1. The Morgan fingerprint density at radius 1 is 0.865 bits per heavy atom. The molecular formula is C27H23BrF2N4O2S. The van der Waals surface area contributed by atoms with Gasteiger partial charge in [0.15, 0.2) is 0 Å². The molecule has 4 aromatic rings. The fraction of sp³-hybridized carbons (Fsp3) is 0.222. The Morgan fingerprint density at radius 2 is 1.43 bits per heavy atom. The number of amides is 1. The van der Waals surface area contributed by atoms with Crippen LogP contribution in [0.5, 0.6) is 0 Å². The van der Waals surface area contributed by atoms with Crippen molar-refractivity contribution in [2.24, 2.45) is 0 Å². The molecule has 3 aromatic carbocycles. The minimum atomic E-state index is -0.306. The van der Waals surface area contributed by atoms with Gasteiger partial charge in [-0.2, -0.15) is 0 Å². The molecule has 1 amide bonds. The largest absolute Gasteiger partial charge is 0.411 e. The monoisotopic (exact) mass is 584 g/mol. The summed E-state index contributed by atoms with van der Waals surface area (Å²) in [6.45, 7) is 2.35. The highest BCUT2D eigenvalue weighted by Crippen LogP contribution is 2.30. The Hall–Kier alpha value is -3.08. The van der Waals surface area contributed by atoms with Crippen molar-refractivity contribution < 1.29 is 18.0 Å². The van der Waals surface area contributed by atoms with Gasteiger partial charge >= 0.3 is 0 Å². The van der Waals surface area contributed by atoms with E-state index in [9.17, 15) is 13.6 Å². The summed E-state index contributed by atoms with van der Waals surface area (Å²) in [5.41, 5.74) is 2.64. The second-order valence-electron chi connectivity index (χ2n) is 8.59. The first-order chi connectivity index (χ1) is 18.0. The lowest BCUT2D eigenvalue weighted by Crippen LogP contribution is -2.50. The molecule has 37 heavy (non-hydrogen) atoms. The molecule has 190 valence electrons. The molecule has 0 aliphatic carbocycles. The summed E-state index contributed by atoms with van der Waals surface area (Å²) in [4.78, 5) is 16.9. The summed E-state index contributed by atoms with van der Waals surface area (Å²) in [5, 5.41) is 8.47. The molecule has 1 fully saturated rings. The number of halogens is 3. The molecule has 5 rings (SSSR count). The zero-order valence-corrected chi connectivity index (χ0v) is 22.1. The van der Waals surface area contributed by atoms with Gasteiger partial charge in [0, 0.05) is 36.2 Å². The number of nitrogens with zero attached hydrogens (tertiary/aromatic N) is 4. The van der Waals surface area contributed by atoms with Gasteiger partial charge < -0.3 is 9.32 Å². The highest BCUT2D eigenvalue weighted by Gasteiger charge is 2.28. The second-order valence-corrected chi connectivity index (χ2v) is 10.4. The maximum absolute atomic E-state index is 13.6. The van der Waals surface area contributed by atoms with Crippen LogP contribution < -0.4 is 0 Å². The maximum Gasteiger partial charge on any atom is 0.277 e. The van der Waals surface area contributed by atoms with Crippen LogP contribution in [-0.4, -0.2) is 57.8 Å². The molecule has 1 aliphatic heterocycles. The number of piperazine rings is 1. The van der Waals surface area contributed by atoms with Gasteiger partial charge in [-0.15, -0.1) is 10.2 Å². The normalized spacial score (nSPS) is 14.3. The van der Waals surface area contributed by atoms with Crippen LogP contribution in [0.1, 0.15) is 17.2 Å². The van der Waals surface area contributed by atoms with Crippen LogP contribution in [0.2, 0.25) is 0 Å². The van der Waals surface area contributed by atoms with E-state index in [1.54, 1.807) is 24.3 Å². The van der Waals surface area contributed by atoms with Crippen molar-refractivity contribution in [2.75, 3.05) is 31.9 Å². The van der Waals surface area contributed by atoms with Gasteiger partial charge in [0.2, 0.25) is 11.8 Å². The smallest absolute Gasteiger partial charge is 0.277 e. The Bertz CT molecular complexity index is 1300. The molecule has 0 N–H and O–H groups in total. The van der Waals surface area contributed by atoms with E-state index < -0.39 is 0 Å². The van der Waals surface area contributed by atoms with Gasteiger partial charge in [0.25, 0.3) is 5.22 Å². The van der Waals surface area contributed by atoms with Crippen LogP contribution in [0.25, 0.3) is 11.5 Å². The quantitative estimate of drug-likeness (QED) is 0.256. The lowest BCUT2D eigenvalue weighted by atomic mass is 9.96. The number of hydrogen-bond acceptors (Lipinski definition) is 6. The third kappa shape index (κ3) is 6.26. The molecule has 2 heterocycles. The average molecular weight is 585 g/mol. The summed E-state index contributed by atoms with van der Waals surface area (Å²) >= 11 is 4.62. The number of rotatable bonds is 7. The minimum absolute atomic E-state index is 0.00634. The third-order valence-electron chi connectivity index (χ3n) is 6.22. The van der Waals surface area contributed by atoms with E-state index in [-0.39, 0.29) is 29.3 Å². The first-order valence-electron chi connectivity index (χ1n) is 11.7. The molecule has 1 aliphatic rings. The Balaban J connectivity index is 1.20. The lowest BCUT2D eigenvalue weighted by Gasteiger charge is -2.39. The summed E-state index contributed by atoms with van der Waals surface area (Å²) < 4.78 is 33.8. The predicted octanol–water partition coefficient (Wildman–Crippen LogP) is 5.80. The summed E-state index contributed by atoms with van der Waals surface area (Å²) in [7, 11) is 0. The molecule has 0 saturated carbocycles.